The van der Waals surface area contributed by atoms with Crippen LogP contribution in [0, 0.1) is 0 Å². The van der Waals surface area contributed by atoms with Gasteiger partial charge in [0, 0.05) is 16.7 Å². The van der Waals surface area contributed by atoms with Crippen LogP contribution in [0.3, 0.4) is 0 Å². The fraction of sp³-hybridized carbons (Fsp3) is 0.200. The molecule has 0 spiro atoms. The zero-order valence-corrected chi connectivity index (χ0v) is 14.6. The molecule has 2 aromatic carbocycles. The summed E-state index contributed by atoms with van der Waals surface area (Å²) in [6.45, 7) is 2.56. The number of para-hydroxylation sites is 1. The first kappa shape index (κ1) is 16.2. The number of H-pyrrole nitrogens is 1. The summed E-state index contributed by atoms with van der Waals surface area (Å²) in [4.78, 5) is 12.4. The predicted molar refractivity (Wildman–Crippen MR) is 97.5 cm³/mol. The number of nitrogens with zero attached hydrogens (tertiary/aromatic N) is 1. The van der Waals surface area contributed by atoms with Gasteiger partial charge < -0.3 is 14.8 Å². The van der Waals surface area contributed by atoms with Gasteiger partial charge in [0.1, 0.15) is 17.2 Å². The van der Waals surface area contributed by atoms with Crippen LogP contribution in [0.1, 0.15) is 34.6 Å². The Balaban J connectivity index is 1.79. The molecular weight excluding hydrogens is 330 g/mol. The molecule has 6 nitrogen and oxygen atoms in total. The van der Waals surface area contributed by atoms with E-state index in [9.17, 15) is 4.79 Å². The Labute approximate surface area is 151 Å². The van der Waals surface area contributed by atoms with Gasteiger partial charge in [-0.15, -0.1) is 0 Å². The number of carbonyl (C=O) groups is 1. The van der Waals surface area contributed by atoms with Crippen LogP contribution in [-0.2, 0) is 0 Å². The lowest BCUT2D eigenvalue weighted by Crippen LogP contribution is -2.21. The molecule has 0 aliphatic carbocycles. The second-order valence-corrected chi connectivity index (χ2v) is 5.97. The minimum absolute atomic E-state index is 0.166. The molecule has 1 aromatic heterocycles. The average molecular weight is 349 g/mol. The number of amides is 1. The molecule has 0 radical (unpaired) electrons. The minimum Gasteiger partial charge on any atom is -0.496 e. The van der Waals surface area contributed by atoms with Gasteiger partial charge in [0.05, 0.1) is 25.5 Å². The van der Waals surface area contributed by atoms with Gasteiger partial charge >= 0.3 is 0 Å². The van der Waals surface area contributed by atoms with Crippen molar-refractivity contribution in [1.82, 2.24) is 15.5 Å². The van der Waals surface area contributed by atoms with Crippen LogP contribution in [-0.4, -0.2) is 29.8 Å². The van der Waals surface area contributed by atoms with Gasteiger partial charge in [-0.05, 0) is 37.3 Å². The van der Waals surface area contributed by atoms with Gasteiger partial charge in [0.15, 0.2) is 0 Å². The maximum Gasteiger partial charge on any atom is 0.270 e. The number of benzene rings is 2. The van der Waals surface area contributed by atoms with Crippen LogP contribution in [0.15, 0.2) is 48.5 Å². The summed E-state index contributed by atoms with van der Waals surface area (Å²) in [5.74, 6) is 1.36. The normalized spacial score (nSPS) is 15.5. The van der Waals surface area contributed by atoms with Crippen molar-refractivity contribution >= 4 is 5.91 Å². The topological polar surface area (TPSA) is 76.2 Å². The van der Waals surface area contributed by atoms with Crippen LogP contribution in [0.25, 0.3) is 11.3 Å². The van der Waals surface area contributed by atoms with E-state index in [4.69, 9.17) is 9.47 Å². The number of methoxy groups -OCH3 is 1. The second kappa shape index (κ2) is 6.55. The lowest BCUT2D eigenvalue weighted by molar-refractivity contribution is 0.0955. The zero-order chi connectivity index (χ0) is 18.1. The SMILES string of the molecule is CCOc1ccc(-c2n[nH]c3c2[C@H](c2ccccc2OC)NC3=O)cc1. The monoisotopic (exact) mass is 349 g/mol. The Morgan fingerprint density at radius 3 is 2.62 bits per heavy atom. The molecule has 1 atom stereocenters. The number of nitrogens with one attached hydrogen (secondary N) is 2. The van der Waals surface area contributed by atoms with E-state index < -0.39 is 0 Å². The molecule has 0 fully saturated rings. The summed E-state index contributed by atoms with van der Waals surface area (Å²) >= 11 is 0. The van der Waals surface area contributed by atoms with Gasteiger partial charge in [-0.25, -0.2) is 0 Å². The molecule has 0 bridgehead atoms. The molecule has 3 aromatic rings. The van der Waals surface area contributed by atoms with E-state index in [1.165, 1.54) is 0 Å². The van der Waals surface area contributed by atoms with Crippen LogP contribution in [0.4, 0.5) is 0 Å². The Hall–Kier alpha value is -3.28. The average Bonchev–Trinajstić information content (AvgIpc) is 3.24. The highest BCUT2D eigenvalue weighted by Gasteiger charge is 2.36. The van der Waals surface area contributed by atoms with E-state index in [1.807, 2.05) is 55.5 Å². The molecule has 0 saturated carbocycles. The molecule has 6 heteroatoms. The Bertz CT molecular complexity index is 947. The third kappa shape index (κ3) is 2.60. The van der Waals surface area contributed by atoms with Crippen molar-refractivity contribution in [3.8, 4) is 22.8 Å². The number of hydrogen-bond acceptors (Lipinski definition) is 4. The number of rotatable bonds is 5. The highest BCUT2D eigenvalue weighted by atomic mass is 16.5. The molecule has 2 N–H and O–H groups in total. The lowest BCUT2D eigenvalue weighted by Gasteiger charge is -2.16. The molecule has 132 valence electrons. The third-order valence-electron chi connectivity index (χ3n) is 4.48. The first-order valence-electron chi connectivity index (χ1n) is 8.48. The molecule has 0 saturated heterocycles. The smallest absolute Gasteiger partial charge is 0.270 e. The van der Waals surface area contributed by atoms with Crippen molar-refractivity contribution in [2.45, 2.75) is 13.0 Å². The molecule has 1 aliphatic heterocycles. The van der Waals surface area contributed by atoms with E-state index >= 15 is 0 Å². The van der Waals surface area contributed by atoms with Crippen LogP contribution in [0.2, 0.25) is 0 Å². The number of carbonyl (C=O) groups excluding carboxylic acids is 1. The molecular formula is C20H19N3O3. The maximum absolute atomic E-state index is 12.4. The Morgan fingerprint density at radius 1 is 1.12 bits per heavy atom. The van der Waals surface area contributed by atoms with Gasteiger partial charge in [-0.2, -0.15) is 5.10 Å². The largest absolute Gasteiger partial charge is 0.496 e. The molecule has 26 heavy (non-hydrogen) atoms. The summed E-state index contributed by atoms with van der Waals surface area (Å²) in [5.41, 5.74) is 3.89. The third-order valence-corrected chi connectivity index (χ3v) is 4.48. The number of aromatic nitrogens is 2. The summed E-state index contributed by atoms with van der Waals surface area (Å²) in [5, 5.41) is 10.3. The number of fused-ring (bicyclic) bond motifs is 1. The van der Waals surface area contributed by atoms with Gasteiger partial charge in [0.25, 0.3) is 5.91 Å². The van der Waals surface area contributed by atoms with Crippen molar-refractivity contribution in [2.24, 2.45) is 0 Å². The second-order valence-electron chi connectivity index (χ2n) is 5.97. The lowest BCUT2D eigenvalue weighted by atomic mass is 9.96. The van der Waals surface area contributed by atoms with Crippen molar-refractivity contribution in [3.05, 3.63) is 65.4 Å². The van der Waals surface area contributed by atoms with Gasteiger partial charge in [-0.1, -0.05) is 18.2 Å². The van der Waals surface area contributed by atoms with Crippen molar-refractivity contribution in [1.29, 1.82) is 0 Å². The highest BCUT2D eigenvalue weighted by molar-refractivity contribution is 6.00. The Kier molecular flexibility index (Phi) is 4.08. The fourth-order valence-electron chi connectivity index (χ4n) is 3.31. The van der Waals surface area contributed by atoms with E-state index in [1.54, 1.807) is 7.11 Å². The van der Waals surface area contributed by atoms with Crippen molar-refractivity contribution < 1.29 is 14.3 Å². The van der Waals surface area contributed by atoms with Crippen molar-refractivity contribution in [2.75, 3.05) is 13.7 Å². The predicted octanol–water partition coefficient (Wildman–Crippen LogP) is 3.32. The molecule has 1 aliphatic rings. The van der Waals surface area contributed by atoms with Crippen LogP contribution >= 0.6 is 0 Å². The molecule has 2 heterocycles. The van der Waals surface area contributed by atoms with Crippen LogP contribution in [0.5, 0.6) is 11.5 Å². The molecule has 4 rings (SSSR count). The van der Waals surface area contributed by atoms with Gasteiger partial charge in [-0.3, -0.25) is 9.89 Å². The Morgan fingerprint density at radius 2 is 1.88 bits per heavy atom. The number of aromatic amines is 1. The molecule has 0 unspecified atom stereocenters. The first-order valence-corrected chi connectivity index (χ1v) is 8.48. The highest BCUT2D eigenvalue weighted by Crippen LogP contribution is 2.40. The van der Waals surface area contributed by atoms with Crippen molar-refractivity contribution in [3.63, 3.8) is 0 Å². The summed E-state index contributed by atoms with van der Waals surface area (Å²) in [6.07, 6.45) is 0. The van der Waals surface area contributed by atoms with E-state index in [-0.39, 0.29) is 11.9 Å². The van der Waals surface area contributed by atoms with E-state index in [0.717, 1.165) is 33.9 Å². The quantitative estimate of drug-likeness (QED) is 0.741. The molecule has 1 amide bonds. The fourth-order valence-corrected chi connectivity index (χ4v) is 3.31. The number of ether oxygens (including phenoxy) is 2. The van der Waals surface area contributed by atoms with Gasteiger partial charge in [0.2, 0.25) is 0 Å². The standard InChI is InChI=1S/C20H19N3O3/c1-3-26-13-10-8-12(9-11-13)17-16-18(21-20(24)19(16)23-22-17)14-6-4-5-7-15(14)25-2/h4-11,18H,3H2,1-2H3,(H,21,24)(H,22,23)/t18-/m0/s1. The van der Waals surface area contributed by atoms with E-state index in [2.05, 4.69) is 15.5 Å². The maximum atomic E-state index is 12.4. The summed E-state index contributed by atoms with van der Waals surface area (Å²) in [7, 11) is 1.62. The summed E-state index contributed by atoms with van der Waals surface area (Å²) in [6, 6.07) is 15.1. The number of hydrogen-bond donors (Lipinski definition) is 2. The zero-order valence-electron chi connectivity index (χ0n) is 14.6. The summed E-state index contributed by atoms with van der Waals surface area (Å²) < 4.78 is 11.0. The van der Waals surface area contributed by atoms with E-state index in [0.29, 0.717) is 12.3 Å². The first-order chi connectivity index (χ1) is 12.7. The van der Waals surface area contributed by atoms with Crippen LogP contribution < -0.4 is 14.8 Å². The minimum atomic E-state index is -0.311.